The van der Waals surface area contributed by atoms with Gasteiger partial charge in [0, 0.05) is 37.0 Å². The summed E-state index contributed by atoms with van der Waals surface area (Å²) in [6.07, 6.45) is 1.18. The molecule has 2 N–H and O–H groups in total. The molecule has 3 rings (SSSR count). The van der Waals surface area contributed by atoms with Crippen molar-refractivity contribution in [2.45, 2.75) is 65.1 Å². The molecule has 31 heavy (non-hydrogen) atoms. The number of amides is 2. The number of anilines is 1. The standard InChI is InChI=1S/C23H31ClN4O3/c1-14(25-22(30)31-23(3,4)5)18-13-16-7-6-8-19(24)20(16)27-21(18)26-17-9-11-28(12-10-17)15(2)29/h6-8,13-14,17H,9-12H2,1-5H3,(H,25,30)(H,26,27)/t14-/m0/s1. The molecule has 1 aromatic heterocycles. The number of nitrogens with one attached hydrogen (secondary N) is 2. The van der Waals surface area contributed by atoms with Gasteiger partial charge in [0.05, 0.1) is 16.6 Å². The number of hydrogen-bond donors (Lipinski definition) is 2. The highest BCUT2D eigenvalue weighted by atomic mass is 35.5. The normalized spacial score (nSPS) is 16.1. The van der Waals surface area contributed by atoms with Crippen LogP contribution in [0.15, 0.2) is 24.3 Å². The molecule has 1 atom stereocenters. The Labute approximate surface area is 188 Å². The predicted octanol–water partition coefficient (Wildman–Crippen LogP) is 4.90. The van der Waals surface area contributed by atoms with Crippen molar-refractivity contribution in [3.8, 4) is 0 Å². The van der Waals surface area contributed by atoms with E-state index in [0.717, 1.165) is 23.8 Å². The van der Waals surface area contributed by atoms with Crippen LogP contribution in [0.25, 0.3) is 10.9 Å². The molecule has 0 unspecified atom stereocenters. The summed E-state index contributed by atoms with van der Waals surface area (Å²) >= 11 is 6.39. The Morgan fingerprint density at radius 1 is 1.26 bits per heavy atom. The lowest BCUT2D eigenvalue weighted by Crippen LogP contribution is -2.41. The van der Waals surface area contributed by atoms with E-state index in [1.54, 1.807) is 6.92 Å². The fraction of sp³-hybridized carbons (Fsp3) is 0.522. The van der Waals surface area contributed by atoms with Gasteiger partial charge in [-0.3, -0.25) is 4.79 Å². The van der Waals surface area contributed by atoms with Crippen molar-refractivity contribution in [3.63, 3.8) is 0 Å². The predicted molar refractivity (Wildman–Crippen MR) is 123 cm³/mol. The molecule has 1 aromatic carbocycles. The molecule has 1 saturated heterocycles. The van der Waals surface area contributed by atoms with Gasteiger partial charge in [-0.1, -0.05) is 23.7 Å². The number of piperidine rings is 1. The Balaban J connectivity index is 1.86. The number of rotatable bonds is 4. The molecular weight excluding hydrogens is 416 g/mol. The Kier molecular flexibility index (Phi) is 6.94. The Morgan fingerprint density at radius 3 is 2.55 bits per heavy atom. The van der Waals surface area contributed by atoms with Gasteiger partial charge in [-0.2, -0.15) is 0 Å². The van der Waals surface area contributed by atoms with Crippen LogP contribution < -0.4 is 10.6 Å². The summed E-state index contributed by atoms with van der Waals surface area (Å²) in [5, 5.41) is 7.91. The van der Waals surface area contributed by atoms with Crippen LogP contribution >= 0.6 is 11.6 Å². The molecule has 1 aliphatic heterocycles. The Bertz CT molecular complexity index is 965. The summed E-state index contributed by atoms with van der Waals surface area (Å²) in [5.41, 5.74) is 0.987. The van der Waals surface area contributed by atoms with Crippen molar-refractivity contribution in [1.29, 1.82) is 0 Å². The van der Waals surface area contributed by atoms with Crippen molar-refractivity contribution in [3.05, 3.63) is 34.9 Å². The average Bonchev–Trinajstić information content (AvgIpc) is 2.67. The SMILES string of the molecule is CC(=O)N1CCC(Nc2nc3c(Cl)cccc3cc2[C@H](C)NC(=O)OC(C)(C)C)CC1. The molecule has 8 heteroatoms. The van der Waals surface area contributed by atoms with Crippen molar-refractivity contribution in [1.82, 2.24) is 15.2 Å². The second-order valence-corrected chi connectivity index (χ2v) is 9.44. The minimum atomic E-state index is -0.579. The topological polar surface area (TPSA) is 83.6 Å². The minimum absolute atomic E-state index is 0.102. The summed E-state index contributed by atoms with van der Waals surface area (Å²) in [7, 11) is 0. The fourth-order valence-corrected chi connectivity index (χ4v) is 3.94. The highest BCUT2D eigenvalue weighted by Crippen LogP contribution is 2.31. The maximum absolute atomic E-state index is 12.3. The van der Waals surface area contributed by atoms with Gasteiger partial charge < -0.3 is 20.3 Å². The van der Waals surface area contributed by atoms with Gasteiger partial charge in [0.1, 0.15) is 11.4 Å². The van der Waals surface area contributed by atoms with Gasteiger partial charge in [0.25, 0.3) is 0 Å². The van der Waals surface area contributed by atoms with E-state index < -0.39 is 11.7 Å². The number of fused-ring (bicyclic) bond motifs is 1. The average molecular weight is 447 g/mol. The highest BCUT2D eigenvalue weighted by Gasteiger charge is 2.25. The Hall–Kier alpha value is -2.54. The number of hydrogen-bond acceptors (Lipinski definition) is 5. The number of aromatic nitrogens is 1. The first kappa shape index (κ1) is 23.1. The second kappa shape index (κ2) is 9.30. The number of ether oxygens (including phenoxy) is 1. The van der Waals surface area contributed by atoms with Gasteiger partial charge in [-0.15, -0.1) is 0 Å². The van der Waals surface area contributed by atoms with E-state index >= 15 is 0 Å². The monoisotopic (exact) mass is 446 g/mol. The summed E-state index contributed by atoms with van der Waals surface area (Å²) < 4.78 is 5.41. The maximum Gasteiger partial charge on any atom is 0.408 e. The third-order valence-electron chi connectivity index (χ3n) is 5.31. The number of halogens is 1. The van der Waals surface area contributed by atoms with E-state index in [-0.39, 0.29) is 18.0 Å². The van der Waals surface area contributed by atoms with Crippen molar-refractivity contribution >= 4 is 40.3 Å². The molecule has 2 aromatic rings. The van der Waals surface area contributed by atoms with Crippen LogP contribution in [0.4, 0.5) is 10.6 Å². The van der Waals surface area contributed by atoms with E-state index in [0.29, 0.717) is 29.4 Å². The molecule has 168 valence electrons. The molecule has 0 spiro atoms. The van der Waals surface area contributed by atoms with E-state index in [4.69, 9.17) is 21.3 Å². The first-order chi connectivity index (χ1) is 14.5. The van der Waals surface area contributed by atoms with Crippen LogP contribution in [0, 0.1) is 0 Å². The summed E-state index contributed by atoms with van der Waals surface area (Å²) in [6.45, 7) is 10.4. The summed E-state index contributed by atoms with van der Waals surface area (Å²) in [4.78, 5) is 30.6. The summed E-state index contributed by atoms with van der Waals surface area (Å²) in [5.74, 6) is 0.787. The third-order valence-corrected chi connectivity index (χ3v) is 5.61. The lowest BCUT2D eigenvalue weighted by atomic mass is 10.0. The van der Waals surface area contributed by atoms with Gasteiger partial charge in [0.15, 0.2) is 0 Å². The first-order valence-electron chi connectivity index (χ1n) is 10.6. The third kappa shape index (κ3) is 6.00. The smallest absolute Gasteiger partial charge is 0.408 e. The number of nitrogens with zero attached hydrogens (tertiary/aromatic N) is 2. The number of carbonyl (C=O) groups is 2. The van der Waals surface area contributed by atoms with Gasteiger partial charge >= 0.3 is 6.09 Å². The van der Waals surface area contributed by atoms with Crippen LogP contribution in [0.2, 0.25) is 5.02 Å². The van der Waals surface area contributed by atoms with Crippen molar-refractivity contribution < 1.29 is 14.3 Å². The van der Waals surface area contributed by atoms with Crippen molar-refractivity contribution in [2.24, 2.45) is 0 Å². The molecule has 0 radical (unpaired) electrons. The molecule has 0 saturated carbocycles. The van der Waals surface area contributed by atoms with Gasteiger partial charge in [0.2, 0.25) is 5.91 Å². The molecule has 2 amide bonds. The van der Waals surface area contributed by atoms with E-state index in [9.17, 15) is 9.59 Å². The molecule has 7 nitrogen and oxygen atoms in total. The van der Waals surface area contributed by atoms with Crippen molar-refractivity contribution in [2.75, 3.05) is 18.4 Å². The van der Waals surface area contributed by atoms with Crippen LogP contribution in [0.1, 0.15) is 59.1 Å². The fourth-order valence-electron chi connectivity index (χ4n) is 3.72. The van der Waals surface area contributed by atoms with E-state index in [2.05, 4.69) is 10.6 Å². The first-order valence-corrected chi connectivity index (χ1v) is 11.0. The zero-order valence-electron chi connectivity index (χ0n) is 18.8. The van der Waals surface area contributed by atoms with E-state index in [1.165, 1.54) is 0 Å². The maximum atomic E-state index is 12.3. The number of pyridine rings is 1. The zero-order chi connectivity index (χ0) is 22.8. The number of alkyl carbamates (subject to hydrolysis) is 1. The lowest BCUT2D eigenvalue weighted by molar-refractivity contribution is -0.129. The molecule has 1 aliphatic rings. The lowest BCUT2D eigenvalue weighted by Gasteiger charge is -2.32. The number of para-hydroxylation sites is 1. The van der Waals surface area contributed by atoms with Gasteiger partial charge in [-0.25, -0.2) is 9.78 Å². The molecular formula is C23H31ClN4O3. The van der Waals surface area contributed by atoms with Crippen LogP contribution in [-0.2, 0) is 9.53 Å². The molecule has 2 heterocycles. The molecule has 0 bridgehead atoms. The van der Waals surface area contributed by atoms with Gasteiger partial charge in [-0.05, 0) is 52.7 Å². The number of carbonyl (C=O) groups excluding carboxylic acids is 2. The molecule has 1 fully saturated rings. The van der Waals surface area contributed by atoms with Crippen LogP contribution in [0.5, 0.6) is 0 Å². The number of likely N-dealkylation sites (tertiary alicyclic amines) is 1. The van der Waals surface area contributed by atoms with Crippen LogP contribution in [0.3, 0.4) is 0 Å². The second-order valence-electron chi connectivity index (χ2n) is 9.03. The summed E-state index contributed by atoms with van der Waals surface area (Å²) in [6, 6.07) is 7.50. The molecule has 0 aliphatic carbocycles. The van der Waals surface area contributed by atoms with E-state index in [1.807, 2.05) is 56.9 Å². The minimum Gasteiger partial charge on any atom is -0.444 e. The quantitative estimate of drug-likeness (QED) is 0.698. The largest absolute Gasteiger partial charge is 0.444 e. The van der Waals surface area contributed by atoms with Crippen LogP contribution in [-0.4, -0.2) is 46.6 Å². The number of benzene rings is 1. The Morgan fingerprint density at radius 2 is 1.94 bits per heavy atom. The highest BCUT2D eigenvalue weighted by molar-refractivity contribution is 6.35. The zero-order valence-corrected chi connectivity index (χ0v) is 19.5.